The number of nitrogens with one attached hydrogen (secondary N) is 5. The molecule has 0 unspecified atom stereocenters. The summed E-state index contributed by atoms with van der Waals surface area (Å²) in [6.45, 7) is 6.79. The Bertz CT molecular complexity index is 2120. The van der Waals surface area contributed by atoms with Crippen LogP contribution in [0.5, 0.6) is 0 Å². The Hall–Kier alpha value is -5.03. The summed E-state index contributed by atoms with van der Waals surface area (Å²) in [5.41, 5.74) is 7.80. The molecule has 0 bridgehead atoms. The van der Waals surface area contributed by atoms with Crippen LogP contribution in [0.4, 0.5) is 0 Å². The molecule has 7 rings (SSSR count). The highest BCUT2D eigenvalue weighted by molar-refractivity contribution is 5.84. The molecule has 5 aromatic rings. The van der Waals surface area contributed by atoms with Gasteiger partial charge in [-0.2, -0.15) is 0 Å². The number of fused-ring (bicyclic) bond motifs is 6. The van der Waals surface area contributed by atoms with E-state index < -0.39 is 22.2 Å². The van der Waals surface area contributed by atoms with E-state index in [0.29, 0.717) is 36.1 Å². The quantitative estimate of drug-likeness (QED) is 0.200. The first-order valence-corrected chi connectivity index (χ1v) is 14.3. The molecule has 0 saturated carbocycles. The van der Waals surface area contributed by atoms with Crippen molar-refractivity contribution in [3.8, 4) is 0 Å². The van der Waals surface area contributed by atoms with Crippen LogP contribution in [0.25, 0.3) is 22.1 Å². The Morgan fingerprint density at radius 1 is 0.721 bits per heavy atom. The smallest absolute Gasteiger partial charge is 0.314 e. The topological polar surface area (TPSA) is 164 Å². The molecule has 0 aliphatic carbocycles. The van der Waals surface area contributed by atoms with Gasteiger partial charge >= 0.3 is 22.2 Å². The molecular weight excluding hydrogens is 548 g/mol. The zero-order valence-corrected chi connectivity index (χ0v) is 24.0. The third kappa shape index (κ3) is 5.46. The van der Waals surface area contributed by atoms with Crippen molar-refractivity contribution in [3.05, 3.63) is 123 Å². The van der Waals surface area contributed by atoms with Crippen LogP contribution in [0.1, 0.15) is 38.9 Å². The number of nitrogens with zero attached hydrogens (tertiary/aromatic N) is 1. The van der Waals surface area contributed by atoms with E-state index in [1.54, 1.807) is 0 Å². The number of aryl methyl sites for hydroxylation is 2. The molecule has 0 spiro atoms. The van der Waals surface area contributed by atoms with Crippen LogP contribution in [-0.2, 0) is 37.1 Å². The van der Waals surface area contributed by atoms with Gasteiger partial charge in [0.1, 0.15) is 0 Å². The second-order valence-corrected chi connectivity index (χ2v) is 11.1. The van der Waals surface area contributed by atoms with Crippen LogP contribution in [-0.4, -0.2) is 43.8 Å². The largest absolute Gasteiger partial charge is 0.338 e. The van der Waals surface area contributed by atoms with Gasteiger partial charge in [0.2, 0.25) is 5.91 Å². The normalized spacial score (nSPS) is 14.1. The van der Waals surface area contributed by atoms with Crippen molar-refractivity contribution in [2.75, 3.05) is 13.1 Å². The van der Waals surface area contributed by atoms with E-state index in [4.69, 9.17) is 0 Å². The Kier molecular flexibility index (Phi) is 7.41. The lowest BCUT2D eigenvalue weighted by atomic mass is 9.93. The standard InChI is InChI=1S/C20H19N3O3.C12H13N3O2/c1-12-9-16-18(22-20(26)19(25)21-16)15-11-23(8-7-14(12)15)17(24)10-13-5-3-2-4-6-13;1-6-4-9-10(15-12(17)11(16)14-9)8-5-13-3-2-7(6)8/h2-6,9H,7-8,10-11H2,1H3,(H,21,25)(H,22,26);4,13H,2-3,5H2,1H3,(H,14,16)(H,15,17). The van der Waals surface area contributed by atoms with Crippen LogP contribution >= 0.6 is 0 Å². The minimum Gasteiger partial charge on any atom is -0.338 e. The number of benzene rings is 3. The van der Waals surface area contributed by atoms with E-state index in [1.807, 2.05) is 61.2 Å². The van der Waals surface area contributed by atoms with Crippen LogP contribution < -0.4 is 27.6 Å². The van der Waals surface area contributed by atoms with E-state index in [9.17, 15) is 24.0 Å². The van der Waals surface area contributed by atoms with E-state index in [0.717, 1.165) is 64.8 Å². The zero-order chi connectivity index (χ0) is 30.2. The SMILES string of the molecule is Cc1cc2[nH]c(=O)c(=O)[nH]c2c2c1CCN(C(=O)Cc1ccccc1)C2.Cc1cc2[nH]c(=O)c(=O)[nH]c2c2c1CCNC2. The van der Waals surface area contributed by atoms with Crippen molar-refractivity contribution in [2.24, 2.45) is 0 Å². The van der Waals surface area contributed by atoms with Gasteiger partial charge in [0.15, 0.2) is 0 Å². The second kappa shape index (κ2) is 11.3. The first kappa shape index (κ1) is 28.1. The fourth-order valence-electron chi connectivity index (χ4n) is 6.14. The summed E-state index contributed by atoms with van der Waals surface area (Å²) >= 11 is 0. The maximum Gasteiger partial charge on any atom is 0.314 e. The Balaban J connectivity index is 0.000000167. The molecular formula is C32H32N6O5. The molecule has 3 aromatic carbocycles. The number of hydrogen-bond acceptors (Lipinski definition) is 6. The summed E-state index contributed by atoms with van der Waals surface area (Å²) in [7, 11) is 0. The van der Waals surface area contributed by atoms with Crippen molar-refractivity contribution >= 4 is 28.0 Å². The molecule has 43 heavy (non-hydrogen) atoms. The highest BCUT2D eigenvalue weighted by Crippen LogP contribution is 2.28. The van der Waals surface area contributed by atoms with Crippen LogP contribution in [0.3, 0.4) is 0 Å². The number of carbonyl (C=O) groups excluding carboxylic acids is 1. The molecule has 1 amide bonds. The van der Waals surface area contributed by atoms with Gasteiger partial charge in [-0.25, -0.2) is 0 Å². The average molecular weight is 581 g/mol. The molecule has 2 aliphatic rings. The van der Waals surface area contributed by atoms with Gasteiger partial charge in [-0.1, -0.05) is 30.3 Å². The predicted octanol–water partition coefficient (Wildman–Crippen LogP) is 1.82. The Morgan fingerprint density at radius 3 is 1.91 bits per heavy atom. The molecule has 5 N–H and O–H groups in total. The lowest BCUT2D eigenvalue weighted by molar-refractivity contribution is -0.131. The van der Waals surface area contributed by atoms with Gasteiger partial charge in [0.05, 0.1) is 28.5 Å². The monoisotopic (exact) mass is 580 g/mol. The maximum atomic E-state index is 12.7. The molecule has 11 nitrogen and oxygen atoms in total. The van der Waals surface area contributed by atoms with Crippen molar-refractivity contribution in [1.82, 2.24) is 30.2 Å². The fraction of sp³-hybridized carbons (Fsp3) is 0.281. The van der Waals surface area contributed by atoms with E-state index in [1.165, 1.54) is 5.56 Å². The van der Waals surface area contributed by atoms with E-state index in [-0.39, 0.29) is 5.91 Å². The third-order valence-corrected chi connectivity index (χ3v) is 8.32. The van der Waals surface area contributed by atoms with Gasteiger partial charge in [-0.15, -0.1) is 0 Å². The summed E-state index contributed by atoms with van der Waals surface area (Å²) in [6, 6.07) is 13.5. The first-order valence-electron chi connectivity index (χ1n) is 14.3. The Morgan fingerprint density at radius 2 is 1.28 bits per heavy atom. The summed E-state index contributed by atoms with van der Waals surface area (Å²) in [4.78, 5) is 71.2. The lowest BCUT2D eigenvalue weighted by Gasteiger charge is -2.30. The number of hydrogen-bond donors (Lipinski definition) is 5. The zero-order valence-electron chi connectivity index (χ0n) is 24.0. The van der Waals surface area contributed by atoms with Crippen LogP contribution in [0, 0.1) is 13.8 Å². The number of aromatic amines is 4. The predicted molar refractivity (Wildman–Crippen MR) is 165 cm³/mol. The molecule has 11 heteroatoms. The molecule has 2 aliphatic heterocycles. The van der Waals surface area contributed by atoms with E-state index in [2.05, 4.69) is 25.3 Å². The summed E-state index contributed by atoms with van der Waals surface area (Å²) in [5, 5.41) is 3.28. The van der Waals surface area contributed by atoms with Gasteiger partial charge in [0, 0.05) is 25.2 Å². The lowest BCUT2D eigenvalue weighted by Crippen LogP contribution is -2.38. The Labute approximate surface area is 245 Å². The van der Waals surface area contributed by atoms with Gasteiger partial charge in [-0.3, -0.25) is 24.0 Å². The molecule has 0 fully saturated rings. The fourth-order valence-corrected chi connectivity index (χ4v) is 6.14. The second-order valence-electron chi connectivity index (χ2n) is 11.1. The van der Waals surface area contributed by atoms with E-state index >= 15 is 0 Å². The van der Waals surface area contributed by atoms with Crippen LogP contribution in [0.15, 0.2) is 61.6 Å². The number of H-pyrrole nitrogens is 4. The van der Waals surface area contributed by atoms with Crippen molar-refractivity contribution in [2.45, 2.75) is 46.2 Å². The first-order chi connectivity index (χ1) is 20.7. The minimum atomic E-state index is -0.670. The van der Waals surface area contributed by atoms with Crippen molar-refractivity contribution in [1.29, 1.82) is 0 Å². The molecule has 0 saturated heterocycles. The number of amides is 1. The molecule has 0 atom stereocenters. The van der Waals surface area contributed by atoms with Crippen LogP contribution in [0.2, 0.25) is 0 Å². The summed E-state index contributed by atoms with van der Waals surface area (Å²) < 4.78 is 0. The van der Waals surface area contributed by atoms with Gasteiger partial charge < -0.3 is 30.2 Å². The van der Waals surface area contributed by atoms with Gasteiger partial charge in [-0.05, 0) is 78.7 Å². The summed E-state index contributed by atoms with van der Waals surface area (Å²) in [6.07, 6.45) is 2.05. The maximum absolute atomic E-state index is 12.7. The summed E-state index contributed by atoms with van der Waals surface area (Å²) in [5.74, 6) is 0.0586. The number of aromatic nitrogens is 4. The van der Waals surface area contributed by atoms with Gasteiger partial charge in [0.25, 0.3) is 0 Å². The molecule has 220 valence electrons. The number of rotatable bonds is 2. The minimum absolute atomic E-state index is 0.0586. The molecule has 0 radical (unpaired) electrons. The molecule has 4 heterocycles. The molecule has 2 aromatic heterocycles. The van der Waals surface area contributed by atoms with Crippen molar-refractivity contribution < 1.29 is 4.79 Å². The highest BCUT2D eigenvalue weighted by atomic mass is 16.2. The number of carbonyl (C=O) groups is 1. The third-order valence-electron chi connectivity index (χ3n) is 8.32. The highest BCUT2D eigenvalue weighted by Gasteiger charge is 2.24. The average Bonchev–Trinajstić information content (AvgIpc) is 3.00. The van der Waals surface area contributed by atoms with Crippen molar-refractivity contribution in [3.63, 3.8) is 0 Å².